The molecule has 33 heavy (non-hydrogen) atoms. The maximum Gasteiger partial charge on any atom is 0.141 e. The maximum absolute atomic E-state index is 6.38. The van der Waals surface area contributed by atoms with E-state index < -0.39 is 0 Å². The van der Waals surface area contributed by atoms with Crippen LogP contribution >= 0.6 is 11.6 Å². The van der Waals surface area contributed by atoms with Gasteiger partial charge in [0, 0.05) is 54.9 Å². The smallest absolute Gasteiger partial charge is 0.141 e. The molecule has 0 bridgehead atoms. The summed E-state index contributed by atoms with van der Waals surface area (Å²) < 4.78 is 12.9. The van der Waals surface area contributed by atoms with Crippen LogP contribution in [0.25, 0.3) is 16.9 Å². The van der Waals surface area contributed by atoms with Crippen LogP contribution in [0.1, 0.15) is 19.3 Å². The predicted octanol–water partition coefficient (Wildman–Crippen LogP) is 3.84. The normalized spacial score (nSPS) is 19.4. The van der Waals surface area contributed by atoms with E-state index in [0.717, 1.165) is 55.5 Å². The fourth-order valence-corrected chi connectivity index (χ4v) is 5.18. The van der Waals surface area contributed by atoms with Gasteiger partial charge in [-0.15, -0.1) is 0 Å². The Morgan fingerprint density at radius 1 is 1.12 bits per heavy atom. The number of imidazole rings is 1. The molecule has 0 radical (unpaired) electrons. The fourth-order valence-electron chi connectivity index (χ4n) is 4.94. The first-order chi connectivity index (χ1) is 16.1. The van der Waals surface area contributed by atoms with Gasteiger partial charge in [0.05, 0.1) is 24.9 Å². The molecular formula is C25H32ClN5O2. The fraction of sp³-hybridized carbons (Fsp3) is 0.480. The number of aromatic nitrogens is 2. The highest BCUT2D eigenvalue weighted by Gasteiger charge is 2.24. The second kappa shape index (κ2) is 9.79. The van der Waals surface area contributed by atoms with Gasteiger partial charge in [-0.05, 0) is 56.9 Å². The summed E-state index contributed by atoms with van der Waals surface area (Å²) in [7, 11) is 3.24. The van der Waals surface area contributed by atoms with Gasteiger partial charge in [-0.3, -0.25) is 0 Å². The molecule has 5 rings (SSSR count). The van der Waals surface area contributed by atoms with Crippen molar-refractivity contribution in [3.63, 3.8) is 0 Å². The number of nitrogens with zero attached hydrogens (tertiary/aromatic N) is 3. The Balaban J connectivity index is 1.30. The van der Waals surface area contributed by atoms with E-state index >= 15 is 0 Å². The number of hydrogen-bond acceptors (Lipinski definition) is 6. The molecule has 2 aliphatic rings. The lowest BCUT2D eigenvalue weighted by Gasteiger charge is -2.25. The SMILES string of the molecule is COc1cc(OC)c(-c2cn3ccc(N4CC[C@H](NCC5CCNCC5)C4)cc3n2)cc1Cl. The molecule has 3 aromatic rings. The second-order valence-electron chi connectivity index (χ2n) is 9.00. The van der Waals surface area contributed by atoms with E-state index in [4.69, 9.17) is 26.1 Å². The minimum absolute atomic E-state index is 0.533. The number of methoxy groups -OCH3 is 2. The highest BCUT2D eigenvalue weighted by molar-refractivity contribution is 6.32. The van der Waals surface area contributed by atoms with E-state index in [1.807, 2.05) is 16.7 Å². The molecule has 0 unspecified atom stereocenters. The van der Waals surface area contributed by atoms with Gasteiger partial charge < -0.3 is 29.4 Å². The van der Waals surface area contributed by atoms with Crippen molar-refractivity contribution in [3.8, 4) is 22.8 Å². The number of nitrogens with one attached hydrogen (secondary N) is 2. The Kier molecular flexibility index (Phi) is 6.62. The first-order valence-electron chi connectivity index (χ1n) is 11.7. The summed E-state index contributed by atoms with van der Waals surface area (Å²) in [6, 6.07) is 8.54. The van der Waals surface area contributed by atoms with Crippen molar-refractivity contribution < 1.29 is 9.47 Å². The Bertz CT molecular complexity index is 1110. The number of hydrogen-bond donors (Lipinski definition) is 2. The van der Waals surface area contributed by atoms with Gasteiger partial charge in [-0.2, -0.15) is 0 Å². The summed E-state index contributed by atoms with van der Waals surface area (Å²) in [5, 5.41) is 7.80. The Morgan fingerprint density at radius 3 is 2.73 bits per heavy atom. The van der Waals surface area contributed by atoms with Gasteiger partial charge in [-0.1, -0.05) is 11.6 Å². The van der Waals surface area contributed by atoms with Crippen molar-refractivity contribution in [1.29, 1.82) is 0 Å². The largest absolute Gasteiger partial charge is 0.496 e. The Labute approximate surface area is 200 Å². The number of anilines is 1. The number of ether oxygens (including phenoxy) is 2. The summed E-state index contributed by atoms with van der Waals surface area (Å²) in [5.74, 6) is 2.08. The molecule has 0 amide bonds. The van der Waals surface area contributed by atoms with Gasteiger partial charge in [0.15, 0.2) is 0 Å². The van der Waals surface area contributed by atoms with Crippen LogP contribution in [0.4, 0.5) is 5.69 Å². The van der Waals surface area contributed by atoms with Gasteiger partial charge >= 0.3 is 0 Å². The highest BCUT2D eigenvalue weighted by atomic mass is 35.5. The van der Waals surface area contributed by atoms with Gasteiger partial charge in [0.2, 0.25) is 0 Å². The Morgan fingerprint density at radius 2 is 1.94 bits per heavy atom. The molecule has 2 aromatic heterocycles. The van der Waals surface area contributed by atoms with Gasteiger partial charge in [-0.25, -0.2) is 4.98 Å². The summed E-state index contributed by atoms with van der Waals surface area (Å²) in [5.41, 5.74) is 3.78. The summed E-state index contributed by atoms with van der Waals surface area (Å²) in [6.07, 6.45) is 7.83. The standard InChI is InChI=1S/C25H32ClN5O2/c1-32-23-13-24(33-2)21(26)12-20(23)22-16-31-10-6-19(11-25(31)29-22)30-9-5-18(15-30)28-14-17-3-7-27-8-4-17/h6,10-13,16-18,27-28H,3-5,7-9,14-15H2,1-2H3/t18-/m0/s1. The van der Waals surface area contributed by atoms with Gasteiger partial charge in [0.25, 0.3) is 0 Å². The molecule has 8 heteroatoms. The third-order valence-corrected chi connectivity index (χ3v) is 7.20. The highest BCUT2D eigenvalue weighted by Crippen LogP contribution is 2.38. The molecule has 4 heterocycles. The number of piperidine rings is 1. The maximum atomic E-state index is 6.38. The summed E-state index contributed by atoms with van der Waals surface area (Å²) in [4.78, 5) is 7.33. The van der Waals surface area contributed by atoms with Crippen molar-refractivity contribution in [1.82, 2.24) is 20.0 Å². The van der Waals surface area contributed by atoms with Crippen LogP contribution in [0.5, 0.6) is 11.5 Å². The minimum atomic E-state index is 0.533. The lowest BCUT2D eigenvalue weighted by Crippen LogP contribution is -2.39. The molecule has 0 saturated carbocycles. The van der Waals surface area contributed by atoms with E-state index in [1.54, 1.807) is 20.3 Å². The average Bonchev–Trinajstić information content (AvgIpc) is 3.50. The predicted molar refractivity (Wildman–Crippen MR) is 133 cm³/mol. The molecule has 0 spiro atoms. The lowest BCUT2D eigenvalue weighted by atomic mass is 9.98. The molecule has 2 N–H and O–H groups in total. The molecule has 2 fully saturated rings. The summed E-state index contributed by atoms with van der Waals surface area (Å²) in [6.45, 7) is 5.55. The molecule has 1 aromatic carbocycles. The van der Waals surface area contributed by atoms with E-state index in [-0.39, 0.29) is 0 Å². The van der Waals surface area contributed by atoms with Crippen LogP contribution in [0.2, 0.25) is 5.02 Å². The van der Waals surface area contributed by atoms with Crippen LogP contribution < -0.4 is 25.0 Å². The van der Waals surface area contributed by atoms with Crippen LogP contribution in [-0.4, -0.2) is 62.4 Å². The zero-order valence-electron chi connectivity index (χ0n) is 19.3. The number of fused-ring (bicyclic) bond motifs is 1. The van der Waals surface area contributed by atoms with Crippen LogP contribution in [0.15, 0.2) is 36.7 Å². The van der Waals surface area contributed by atoms with Crippen LogP contribution in [0.3, 0.4) is 0 Å². The van der Waals surface area contributed by atoms with Crippen LogP contribution in [-0.2, 0) is 0 Å². The summed E-state index contributed by atoms with van der Waals surface area (Å²) >= 11 is 6.38. The number of halogens is 1. The topological polar surface area (TPSA) is 63.1 Å². The molecule has 176 valence electrons. The van der Waals surface area contributed by atoms with E-state index in [1.165, 1.54) is 24.9 Å². The number of benzene rings is 1. The first kappa shape index (κ1) is 22.3. The number of pyridine rings is 1. The van der Waals surface area contributed by atoms with Crippen molar-refractivity contribution in [2.24, 2.45) is 5.92 Å². The van der Waals surface area contributed by atoms with Gasteiger partial charge in [0.1, 0.15) is 17.1 Å². The van der Waals surface area contributed by atoms with Crippen molar-refractivity contribution >= 4 is 22.9 Å². The van der Waals surface area contributed by atoms with Crippen molar-refractivity contribution in [3.05, 3.63) is 41.7 Å². The molecule has 2 aliphatic heterocycles. The van der Waals surface area contributed by atoms with E-state index in [9.17, 15) is 0 Å². The zero-order valence-corrected chi connectivity index (χ0v) is 20.1. The first-order valence-corrected chi connectivity index (χ1v) is 12.1. The van der Waals surface area contributed by atoms with Crippen LogP contribution in [0, 0.1) is 5.92 Å². The lowest BCUT2D eigenvalue weighted by molar-refractivity contribution is 0.343. The quantitative estimate of drug-likeness (QED) is 0.548. The molecule has 7 nitrogen and oxygen atoms in total. The minimum Gasteiger partial charge on any atom is -0.496 e. The average molecular weight is 470 g/mol. The zero-order chi connectivity index (χ0) is 22.8. The van der Waals surface area contributed by atoms with E-state index in [0.29, 0.717) is 22.6 Å². The van der Waals surface area contributed by atoms with E-state index in [2.05, 4.69) is 33.9 Å². The van der Waals surface area contributed by atoms with Crippen molar-refractivity contribution in [2.75, 3.05) is 51.8 Å². The molecule has 1 atom stereocenters. The molecular weight excluding hydrogens is 438 g/mol. The van der Waals surface area contributed by atoms with Crippen molar-refractivity contribution in [2.45, 2.75) is 25.3 Å². The Hall–Kier alpha value is -2.48. The third kappa shape index (κ3) is 4.76. The molecule has 2 saturated heterocycles. The monoisotopic (exact) mass is 469 g/mol. The molecule has 0 aliphatic carbocycles. The second-order valence-corrected chi connectivity index (χ2v) is 9.40. The number of rotatable bonds is 7. The third-order valence-electron chi connectivity index (χ3n) is 6.90.